The van der Waals surface area contributed by atoms with Gasteiger partial charge in [-0.1, -0.05) is 42.0 Å². The SMILES string of the molecule is CSc1ccc(/C=C/C(=O)c2cccc(C)c2)cc1. The number of hydrogen-bond donors (Lipinski definition) is 0. The van der Waals surface area contributed by atoms with Crippen LogP contribution in [-0.4, -0.2) is 12.0 Å². The zero-order valence-corrected chi connectivity index (χ0v) is 11.9. The molecule has 0 atom stereocenters. The molecule has 2 aromatic rings. The summed E-state index contributed by atoms with van der Waals surface area (Å²) in [5.41, 5.74) is 2.87. The zero-order chi connectivity index (χ0) is 13.7. The first kappa shape index (κ1) is 13.6. The third kappa shape index (κ3) is 3.83. The average Bonchev–Trinajstić information content (AvgIpc) is 2.45. The quantitative estimate of drug-likeness (QED) is 0.457. The lowest BCUT2D eigenvalue weighted by Crippen LogP contribution is -1.94. The minimum atomic E-state index is 0.0395. The maximum Gasteiger partial charge on any atom is 0.185 e. The Bertz CT molecular complexity index is 597. The maximum atomic E-state index is 12.0. The van der Waals surface area contributed by atoms with Gasteiger partial charge in [-0.3, -0.25) is 4.79 Å². The molecule has 1 nitrogen and oxygen atoms in total. The van der Waals surface area contributed by atoms with Gasteiger partial charge in [0.25, 0.3) is 0 Å². The second kappa shape index (κ2) is 6.39. The molecule has 2 aromatic carbocycles. The number of benzene rings is 2. The second-order valence-corrected chi connectivity index (χ2v) is 5.22. The predicted octanol–water partition coefficient (Wildman–Crippen LogP) is 4.61. The van der Waals surface area contributed by atoms with Crippen LogP contribution in [0.15, 0.2) is 59.5 Å². The lowest BCUT2D eigenvalue weighted by molar-refractivity contribution is 0.104. The Morgan fingerprint density at radius 3 is 2.47 bits per heavy atom. The molecule has 0 fully saturated rings. The molecule has 0 aromatic heterocycles. The van der Waals surface area contributed by atoms with E-state index in [-0.39, 0.29) is 5.78 Å². The summed E-state index contributed by atoms with van der Waals surface area (Å²) in [6.07, 6.45) is 5.53. The van der Waals surface area contributed by atoms with Crippen LogP contribution in [0.4, 0.5) is 0 Å². The number of ketones is 1. The highest BCUT2D eigenvalue weighted by Crippen LogP contribution is 2.15. The molecule has 2 heteroatoms. The minimum absolute atomic E-state index is 0.0395. The zero-order valence-electron chi connectivity index (χ0n) is 11.1. The van der Waals surface area contributed by atoms with E-state index in [0.717, 1.165) is 16.7 Å². The fourth-order valence-electron chi connectivity index (χ4n) is 1.78. The van der Waals surface area contributed by atoms with Gasteiger partial charge in [0.1, 0.15) is 0 Å². The number of rotatable bonds is 4. The molecule has 2 rings (SSSR count). The van der Waals surface area contributed by atoms with E-state index in [9.17, 15) is 4.79 Å². The highest BCUT2D eigenvalue weighted by molar-refractivity contribution is 7.98. The van der Waals surface area contributed by atoms with Crippen molar-refractivity contribution in [1.29, 1.82) is 0 Å². The van der Waals surface area contributed by atoms with Crippen molar-refractivity contribution in [3.05, 3.63) is 71.3 Å². The highest BCUT2D eigenvalue weighted by atomic mass is 32.2. The van der Waals surface area contributed by atoms with Crippen LogP contribution in [0, 0.1) is 6.92 Å². The van der Waals surface area contributed by atoms with Gasteiger partial charge >= 0.3 is 0 Å². The Kier molecular flexibility index (Phi) is 4.58. The molecule has 96 valence electrons. The van der Waals surface area contributed by atoms with Gasteiger partial charge in [-0.05, 0) is 43.0 Å². The maximum absolute atomic E-state index is 12.0. The summed E-state index contributed by atoms with van der Waals surface area (Å²) in [7, 11) is 0. The van der Waals surface area contributed by atoms with E-state index >= 15 is 0 Å². The Labute approximate surface area is 118 Å². The number of thioether (sulfide) groups is 1. The topological polar surface area (TPSA) is 17.1 Å². The Morgan fingerprint density at radius 2 is 1.84 bits per heavy atom. The van der Waals surface area contributed by atoms with Crippen molar-refractivity contribution in [3.8, 4) is 0 Å². The van der Waals surface area contributed by atoms with Crippen molar-refractivity contribution in [2.75, 3.05) is 6.26 Å². The third-order valence-electron chi connectivity index (χ3n) is 2.85. The van der Waals surface area contributed by atoms with E-state index in [0.29, 0.717) is 0 Å². The van der Waals surface area contributed by atoms with E-state index in [1.54, 1.807) is 17.8 Å². The lowest BCUT2D eigenvalue weighted by Gasteiger charge is -1.98. The predicted molar refractivity (Wildman–Crippen MR) is 82.8 cm³/mol. The number of aryl methyl sites for hydroxylation is 1. The van der Waals surface area contributed by atoms with E-state index in [1.807, 2.05) is 55.7 Å². The van der Waals surface area contributed by atoms with Crippen LogP contribution in [-0.2, 0) is 0 Å². The van der Waals surface area contributed by atoms with Crippen molar-refractivity contribution in [1.82, 2.24) is 0 Å². The molecular formula is C17H16OS. The molecule has 0 bridgehead atoms. The van der Waals surface area contributed by atoms with Crippen LogP contribution < -0.4 is 0 Å². The van der Waals surface area contributed by atoms with E-state index in [2.05, 4.69) is 12.1 Å². The fourth-order valence-corrected chi connectivity index (χ4v) is 2.19. The van der Waals surface area contributed by atoms with Crippen molar-refractivity contribution in [3.63, 3.8) is 0 Å². The summed E-state index contributed by atoms with van der Waals surface area (Å²) < 4.78 is 0. The number of allylic oxidation sites excluding steroid dienone is 1. The van der Waals surface area contributed by atoms with Crippen LogP contribution in [0.3, 0.4) is 0 Å². The lowest BCUT2D eigenvalue weighted by atomic mass is 10.1. The Morgan fingerprint density at radius 1 is 1.11 bits per heavy atom. The third-order valence-corrected chi connectivity index (χ3v) is 3.59. The van der Waals surface area contributed by atoms with Crippen LogP contribution in [0.5, 0.6) is 0 Å². The monoisotopic (exact) mass is 268 g/mol. The Hall–Kier alpha value is -1.80. The average molecular weight is 268 g/mol. The van der Waals surface area contributed by atoms with Gasteiger partial charge in [-0.2, -0.15) is 0 Å². The summed E-state index contributed by atoms with van der Waals surface area (Å²) in [5.74, 6) is 0.0395. The van der Waals surface area contributed by atoms with Gasteiger partial charge in [-0.25, -0.2) is 0 Å². The van der Waals surface area contributed by atoms with Crippen molar-refractivity contribution in [2.24, 2.45) is 0 Å². The summed E-state index contributed by atoms with van der Waals surface area (Å²) in [6, 6.07) is 15.8. The molecule has 0 aliphatic rings. The molecular weight excluding hydrogens is 252 g/mol. The molecule has 0 amide bonds. The first-order chi connectivity index (χ1) is 9.19. The standard InChI is InChI=1S/C17H16OS/c1-13-4-3-5-15(12-13)17(18)11-8-14-6-9-16(19-2)10-7-14/h3-12H,1-2H3/b11-8+. The van der Waals surface area contributed by atoms with Crippen molar-refractivity contribution < 1.29 is 4.79 Å². The number of carbonyl (C=O) groups excluding carboxylic acids is 1. The van der Waals surface area contributed by atoms with Crippen LogP contribution in [0.1, 0.15) is 21.5 Å². The number of carbonyl (C=O) groups is 1. The molecule has 0 aliphatic carbocycles. The highest BCUT2D eigenvalue weighted by Gasteiger charge is 2.01. The molecule has 0 unspecified atom stereocenters. The number of hydrogen-bond acceptors (Lipinski definition) is 2. The fraction of sp³-hybridized carbons (Fsp3) is 0.118. The minimum Gasteiger partial charge on any atom is -0.289 e. The summed E-state index contributed by atoms with van der Waals surface area (Å²) in [6.45, 7) is 1.99. The van der Waals surface area contributed by atoms with Crippen molar-refractivity contribution in [2.45, 2.75) is 11.8 Å². The molecule has 0 aliphatic heterocycles. The van der Waals surface area contributed by atoms with Gasteiger partial charge in [0.05, 0.1) is 0 Å². The summed E-state index contributed by atoms with van der Waals surface area (Å²) in [5, 5.41) is 0. The van der Waals surface area contributed by atoms with Crippen LogP contribution in [0.25, 0.3) is 6.08 Å². The van der Waals surface area contributed by atoms with E-state index in [4.69, 9.17) is 0 Å². The van der Waals surface area contributed by atoms with E-state index in [1.165, 1.54) is 4.90 Å². The summed E-state index contributed by atoms with van der Waals surface area (Å²) in [4.78, 5) is 13.2. The normalized spacial score (nSPS) is 10.8. The summed E-state index contributed by atoms with van der Waals surface area (Å²) >= 11 is 1.71. The molecule has 0 spiro atoms. The smallest absolute Gasteiger partial charge is 0.185 e. The largest absolute Gasteiger partial charge is 0.289 e. The van der Waals surface area contributed by atoms with Crippen LogP contribution >= 0.6 is 11.8 Å². The van der Waals surface area contributed by atoms with Gasteiger partial charge in [-0.15, -0.1) is 11.8 Å². The first-order valence-electron chi connectivity index (χ1n) is 6.12. The van der Waals surface area contributed by atoms with Gasteiger partial charge < -0.3 is 0 Å². The van der Waals surface area contributed by atoms with Gasteiger partial charge in [0.15, 0.2) is 5.78 Å². The molecule has 0 saturated heterocycles. The first-order valence-corrected chi connectivity index (χ1v) is 7.34. The second-order valence-electron chi connectivity index (χ2n) is 4.34. The van der Waals surface area contributed by atoms with Crippen LogP contribution in [0.2, 0.25) is 0 Å². The van der Waals surface area contributed by atoms with Gasteiger partial charge in [0.2, 0.25) is 0 Å². The molecule has 0 N–H and O–H groups in total. The molecule has 0 heterocycles. The van der Waals surface area contributed by atoms with Crippen molar-refractivity contribution >= 4 is 23.6 Å². The molecule has 0 saturated carbocycles. The molecule has 0 radical (unpaired) electrons. The van der Waals surface area contributed by atoms with E-state index < -0.39 is 0 Å². The van der Waals surface area contributed by atoms with Gasteiger partial charge in [0, 0.05) is 10.5 Å². The Balaban J connectivity index is 2.11. The molecule has 19 heavy (non-hydrogen) atoms.